The molecule has 0 aliphatic carbocycles. The van der Waals surface area contributed by atoms with E-state index in [2.05, 4.69) is 9.97 Å². The molecule has 8 heteroatoms. The maximum absolute atomic E-state index is 12.1. The van der Waals surface area contributed by atoms with E-state index in [1.165, 1.54) is 0 Å². The van der Waals surface area contributed by atoms with Gasteiger partial charge in [0.25, 0.3) is 0 Å². The van der Waals surface area contributed by atoms with E-state index in [4.69, 9.17) is 10.5 Å². The highest BCUT2D eigenvalue weighted by atomic mass is 32.2. The van der Waals surface area contributed by atoms with Crippen molar-refractivity contribution in [1.29, 1.82) is 0 Å². The quantitative estimate of drug-likeness (QED) is 0.691. The van der Waals surface area contributed by atoms with Crippen LogP contribution in [0.5, 0.6) is 0 Å². The van der Waals surface area contributed by atoms with Gasteiger partial charge >= 0.3 is 0 Å². The molecule has 2 aromatic rings. The van der Waals surface area contributed by atoms with Gasteiger partial charge in [0.2, 0.25) is 0 Å². The predicted molar refractivity (Wildman–Crippen MR) is 100 cm³/mol. The molecule has 1 atom stereocenters. The molecule has 0 saturated heterocycles. The van der Waals surface area contributed by atoms with E-state index in [0.29, 0.717) is 30.8 Å². The van der Waals surface area contributed by atoms with Crippen LogP contribution in [0.15, 0.2) is 12.5 Å². The summed E-state index contributed by atoms with van der Waals surface area (Å²) in [6, 6.07) is 0.0110. The molecule has 2 N–H and O–H groups in total. The van der Waals surface area contributed by atoms with Crippen molar-refractivity contribution in [3.63, 3.8) is 0 Å². The number of unbranched alkanes of at least 4 members (excludes halogenated alkanes) is 1. The number of rotatable bonds is 10. The van der Waals surface area contributed by atoms with Crippen molar-refractivity contribution in [3.8, 4) is 0 Å². The monoisotopic (exact) mass is 368 g/mol. The predicted octanol–water partition coefficient (Wildman–Crippen LogP) is 2.50. The Morgan fingerprint density at radius 1 is 1.28 bits per heavy atom. The van der Waals surface area contributed by atoms with Gasteiger partial charge in [0.15, 0.2) is 5.82 Å². The van der Waals surface area contributed by atoms with E-state index in [0.717, 1.165) is 23.9 Å². The molecule has 0 aliphatic heterocycles. The molecule has 1 unspecified atom stereocenters. The van der Waals surface area contributed by atoms with Crippen molar-refractivity contribution in [1.82, 2.24) is 14.5 Å². The third-order valence-electron chi connectivity index (χ3n) is 4.36. The number of anilines is 1. The Morgan fingerprint density at radius 2 is 2.00 bits per heavy atom. The van der Waals surface area contributed by atoms with Crippen LogP contribution in [0.2, 0.25) is 0 Å². The number of nitrogens with two attached hydrogens (primary N) is 1. The highest BCUT2D eigenvalue weighted by molar-refractivity contribution is 7.91. The van der Waals surface area contributed by atoms with Gasteiger partial charge < -0.3 is 15.0 Å². The summed E-state index contributed by atoms with van der Waals surface area (Å²) >= 11 is 0. The number of sulfone groups is 1. The van der Waals surface area contributed by atoms with Crippen molar-refractivity contribution >= 4 is 26.7 Å². The fourth-order valence-electron chi connectivity index (χ4n) is 3.00. The largest absolute Gasteiger partial charge is 0.383 e. The Hall–Kier alpha value is -1.67. The maximum Gasteiger partial charge on any atom is 0.151 e. The standard InChI is InChI=1S/C17H28N4O3S/c1-4-5-8-25(22,23)9-6-7-14(11-24-3)21-12-20-15-16(21)13(2)10-19-17(15)18/h10,12,14H,4-9,11H2,1-3H3,(H2,18,19). The lowest BCUT2D eigenvalue weighted by atomic mass is 10.1. The second kappa shape index (κ2) is 8.62. The average Bonchev–Trinajstić information content (AvgIpc) is 3.02. The minimum Gasteiger partial charge on any atom is -0.383 e. The molecule has 2 heterocycles. The number of pyridine rings is 1. The first-order valence-electron chi connectivity index (χ1n) is 8.66. The van der Waals surface area contributed by atoms with Gasteiger partial charge in [-0.25, -0.2) is 18.4 Å². The van der Waals surface area contributed by atoms with Gasteiger partial charge in [-0.1, -0.05) is 13.3 Å². The second-order valence-corrected chi connectivity index (χ2v) is 8.74. The van der Waals surface area contributed by atoms with E-state index in [1.54, 1.807) is 19.6 Å². The molecule has 0 spiro atoms. The van der Waals surface area contributed by atoms with Crippen LogP contribution in [0.3, 0.4) is 0 Å². The third kappa shape index (κ3) is 4.92. The van der Waals surface area contributed by atoms with Crippen LogP contribution in [-0.4, -0.2) is 48.2 Å². The van der Waals surface area contributed by atoms with E-state index < -0.39 is 9.84 Å². The number of imidazole rings is 1. The Kier molecular flexibility index (Phi) is 6.78. The summed E-state index contributed by atoms with van der Waals surface area (Å²) in [5.41, 5.74) is 8.51. The van der Waals surface area contributed by atoms with Crippen molar-refractivity contribution in [3.05, 3.63) is 18.1 Å². The van der Waals surface area contributed by atoms with Crippen LogP contribution < -0.4 is 5.73 Å². The van der Waals surface area contributed by atoms with E-state index in [1.807, 2.05) is 18.4 Å². The van der Waals surface area contributed by atoms with Gasteiger partial charge in [0.1, 0.15) is 15.4 Å². The molecule has 0 aliphatic rings. The molecule has 0 amide bonds. The maximum atomic E-state index is 12.1. The first-order valence-corrected chi connectivity index (χ1v) is 10.5. The van der Waals surface area contributed by atoms with Gasteiger partial charge in [0, 0.05) is 13.3 Å². The molecule has 2 rings (SSSR count). The molecular weight excluding hydrogens is 340 g/mol. The van der Waals surface area contributed by atoms with Gasteiger partial charge in [0.05, 0.1) is 36.0 Å². The third-order valence-corrected chi connectivity index (χ3v) is 6.18. The molecule has 7 nitrogen and oxygen atoms in total. The fraction of sp³-hybridized carbons (Fsp3) is 0.647. The lowest BCUT2D eigenvalue weighted by molar-refractivity contribution is 0.152. The minimum absolute atomic E-state index is 0.0110. The molecule has 140 valence electrons. The van der Waals surface area contributed by atoms with E-state index in [-0.39, 0.29) is 17.5 Å². The molecule has 0 fully saturated rings. The summed E-state index contributed by atoms with van der Waals surface area (Å²) < 4.78 is 31.5. The smallest absolute Gasteiger partial charge is 0.151 e. The topological polar surface area (TPSA) is 100 Å². The highest BCUT2D eigenvalue weighted by Crippen LogP contribution is 2.26. The van der Waals surface area contributed by atoms with E-state index in [9.17, 15) is 8.42 Å². The zero-order valence-electron chi connectivity index (χ0n) is 15.2. The molecule has 0 bridgehead atoms. The number of aromatic nitrogens is 3. The lowest BCUT2D eigenvalue weighted by Crippen LogP contribution is -2.17. The summed E-state index contributed by atoms with van der Waals surface area (Å²) in [4.78, 5) is 8.52. The summed E-state index contributed by atoms with van der Waals surface area (Å²) in [5.74, 6) is 0.883. The lowest BCUT2D eigenvalue weighted by Gasteiger charge is -2.19. The number of aryl methyl sites for hydroxylation is 1. The van der Waals surface area contributed by atoms with Crippen molar-refractivity contribution < 1.29 is 13.2 Å². The summed E-state index contributed by atoms with van der Waals surface area (Å²) in [6.07, 6.45) is 6.38. The van der Waals surface area contributed by atoms with Gasteiger partial charge in [-0.05, 0) is 31.7 Å². The Labute approximate surface area is 149 Å². The van der Waals surface area contributed by atoms with Crippen LogP contribution in [0.1, 0.15) is 44.2 Å². The highest BCUT2D eigenvalue weighted by Gasteiger charge is 2.19. The molecule has 0 aromatic carbocycles. The number of fused-ring (bicyclic) bond motifs is 1. The number of hydrogen-bond acceptors (Lipinski definition) is 6. The Balaban J connectivity index is 2.15. The van der Waals surface area contributed by atoms with Crippen LogP contribution in [-0.2, 0) is 14.6 Å². The fourth-order valence-corrected chi connectivity index (χ4v) is 4.54. The zero-order valence-corrected chi connectivity index (χ0v) is 16.1. The van der Waals surface area contributed by atoms with Crippen molar-refractivity contribution in [2.24, 2.45) is 0 Å². The van der Waals surface area contributed by atoms with Crippen LogP contribution in [0, 0.1) is 6.92 Å². The zero-order chi connectivity index (χ0) is 18.4. The number of hydrogen-bond donors (Lipinski definition) is 1. The number of nitrogens with zero attached hydrogens (tertiary/aromatic N) is 3. The van der Waals surface area contributed by atoms with Crippen molar-refractivity contribution in [2.45, 2.75) is 45.6 Å². The first-order chi connectivity index (χ1) is 11.9. The van der Waals surface area contributed by atoms with Gasteiger partial charge in [-0.15, -0.1) is 0 Å². The van der Waals surface area contributed by atoms with Gasteiger partial charge in [-0.2, -0.15) is 0 Å². The van der Waals surface area contributed by atoms with Crippen LogP contribution in [0.25, 0.3) is 11.0 Å². The number of methoxy groups -OCH3 is 1. The van der Waals surface area contributed by atoms with E-state index >= 15 is 0 Å². The van der Waals surface area contributed by atoms with Crippen LogP contribution >= 0.6 is 0 Å². The Bertz CT molecular complexity index is 802. The molecular formula is C17H28N4O3S. The Morgan fingerprint density at radius 3 is 2.68 bits per heavy atom. The molecule has 25 heavy (non-hydrogen) atoms. The molecule has 2 aromatic heterocycles. The normalized spacial score (nSPS) is 13.4. The minimum atomic E-state index is -2.98. The second-order valence-electron chi connectivity index (χ2n) is 6.43. The number of ether oxygens (including phenoxy) is 1. The van der Waals surface area contributed by atoms with Crippen molar-refractivity contribution in [2.75, 3.05) is 31.0 Å². The molecule has 0 radical (unpaired) electrons. The van der Waals surface area contributed by atoms with Crippen LogP contribution in [0.4, 0.5) is 5.82 Å². The number of nitrogen functional groups attached to an aromatic ring is 1. The summed E-state index contributed by atoms with van der Waals surface area (Å²) in [7, 11) is -1.33. The summed E-state index contributed by atoms with van der Waals surface area (Å²) in [5, 5.41) is 0. The SMILES string of the molecule is CCCCS(=O)(=O)CCCC(COC)n1cnc2c(N)ncc(C)c21. The summed E-state index contributed by atoms with van der Waals surface area (Å²) in [6.45, 7) is 4.45. The first kappa shape index (κ1) is 19.7. The molecule has 0 saturated carbocycles. The average molecular weight is 369 g/mol. The van der Waals surface area contributed by atoms with Gasteiger partial charge in [-0.3, -0.25) is 0 Å².